The van der Waals surface area contributed by atoms with Gasteiger partial charge in [-0.05, 0) is 12.1 Å². The van der Waals surface area contributed by atoms with Gasteiger partial charge in [0.15, 0.2) is 0 Å². The van der Waals surface area contributed by atoms with Crippen molar-refractivity contribution in [3.63, 3.8) is 0 Å². The van der Waals surface area contributed by atoms with Crippen LogP contribution in [0, 0.1) is 11.3 Å². The van der Waals surface area contributed by atoms with E-state index in [9.17, 15) is 5.11 Å². The Bertz CT molecular complexity index is 432. The topological polar surface area (TPSA) is 70.0 Å². The summed E-state index contributed by atoms with van der Waals surface area (Å²) >= 11 is 4.66. The van der Waals surface area contributed by atoms with Crippen LogP contribution in [0.4, 0.5) is 0 Å². The number of benzene rings is 1. The highest BCUT2D eigenvalue weighted by Crippen LogP contribution is 2.18. The minimum absolute atomic E-state index is 0.0238. The highest BCUT2D eigenvalue weighted by Gasteiger charge is 2.01. The van der Waals surface area contributed by atoms with Gasteiger partial charge >= 0.3 is 0 Å². The largest absolute Gasteiger partial charge is 0.507 e. The summed E-state index contributed by atoms with van der Waals surface area (Å²) in [5.41, 5.74) is 6.01. The zero-order valence-electron chi connectivity index (χ0n) is 7.27. The van der Waals surface area contributed by atoms with Crippen molar-refractivity contribution in [2.45, 2.75) is 0 Å². The van der Waals surface area contributed by atoms with Crippen molar-refractivity contribution >= 4 is 23.3 Å². The Morgan fingerprint density at radius 3 is 2.64 bits per heavy atom. The van der Waals surface area contributed by atoms with Crippen molar-refractivity contribution in [2.75, 3.05) is 0 Å². The van der Waals surface area contributed by atoms with Crippen LogP contribution in [0.5, 0.6) is 5.75 Å². The van der Waals surface area contributed by atoms with Crippen LogP contribution in [0.3, 0.4) is 0 Å². The minimum Gasteiger partial charge on any atom is -0.507 e. The summed E-state index contributed by atoms with van der Waals surface area (Å²) in [6.07, 6.45) is 1.46. The maximum absolute atomic E-state index is 9.40. The first-order valence-electron chi connectivity index (χ1n) is 3.84. The smallest absolute Gasteiger partial charge is 0.122 e. The molecule has 70 valence electrons. The van der Waals surface area contributed by atoms with Gasteiger partial charge in [0.1, 0.15) is 16.8 Å². The Labute approximate surface area is 87.1 Å². The maximum atomic E-state index is 9.40. The van der Waals surface area contributed by atoms with Gasteiger partial charge in [0.2, 0.25) is 0 Å². The van der Waals surface area contributed by atoms with Gasteiger partial charge in [0, 0.05) is 5.56 Å². The van der Waals surface area contributed by atoms with E-state index >= 15 is 0 Å². The van der Waals surface area contributed by atoms with Crippen LogP contribution in [0.25, 0.3) is 6.08 Å². The fourth-order valence-corrected chi connectivity index (χ4v) is 1.03. The summed E-state index contributed by atoms with van der Waals surface area (Å²) in [6.45, 7) is 0. The van der Waals surface area contributed by atoms with Crippen molar-refractivity contribution < 1.29 is 5.11 Å². The van der Waals surface area contributed by atoms with Crippen LogP contribution in [-0.4, -0.2) is 10.1 Å². The second kappa shape index (κ2) is 4.40. The molecule has 0 aliphatic carbocycles. The predicted octanol–water partition coefficient (Wildman–Crippen LogP) is 1.59. The van der Waals surface area contributed by atoms with Crippen LogP contribution >= 0.6 is 12.2 Å². The van der Waals surface area contributed by atoms with Gasteiger partial charge in [-0.3, -0.25) is 0 Å². The fourth-order valence-electron chi connectivity index (χ4n) is 0.924. The molecule has 1 aromatic rings. The molecule has 0 amide bonds. The maximum Gasteiger partial charge on any atom is 0.122 e. The Balaban J connectivity index is 3.15. The Morgan fingerprint density at radius 1 is 1.50 bits per heavy atom. The van der Waals surface area contributed by atoms with Gasteiger partial charge in [-0.25, -0.2) is 0 Å². The summed E-state index contributed by atoms with van der Waals surface area (Å²) in [6, 6.07) is 8.50. The Hall–Kier alpha value is -1.86. The number of thiocarbonyl (C=S) groups is 1. The van der Waals surface area contributed by atoms with Crippen LogP contribution < -0.4 is 5.73 Å². The molecule has 0 heterocycles. The lowest BCUT2D eigenvalue weighted by atomic mass is 10.1. The second-order valence-corrected chi connectivity index (χ2v) is 3.03. The number of phenols is 1. The lowest BCUT2D eigenvalue weighted by Gasteiger charge is -1.98. The van der Waals surface area contributed by atoms with Gasteiger partial charge in [0.05, 0.1) is 5.57 Å². The van der Waals surface area contributed by atoms with Crippen LogP contribution in [0.1, 0.15) is 5.56 Å². The molecule has 0 bridgehead atoms. The molecule has 4 heteroatoms. The van der Waals surface area contributed by atoms with Crippen molar-refractivity contribution in [2.24, 2.45) is 5.73 Å². The number of phenolic OH excluding ortho intramolecular Hbond substituents is 1. The average molecular weight is 204 g/mol. The van der Waals surface area contributed by atoms with E-state index in [-0.39, 0.29) is 16.3 Å². The summed E-state index contributed by atoms with van der Waals surface area (Å²) in [5.74, 6) is 0.0940. The molecule has 0 aliphatic heterocycles. The molecule has 0 saturated carbocycles. The number of para-hydroxylation sites is 1. The molecule has 14 heavy (non-hydrogen) atoms. The third-order valence-corrected chi connectivity index (χ3v) is 1.84. The van der Waals surface area contributed by atoms with Crippen LogP contribution in [-0.2, 0) is 0 Å². The van der Waals surface area contributed by atoms with Gasteiger partial charge in [0.25, 0.3) is 0 Å². The summed E-state index contributed by atoms with van der Waals surface area (Å²) < 4.78 is 0. The van der Waals surface area contributed by atoms with E-state index in [0.29, 0.717) is 5.56 Å². The fraction of sp³-hybridized carbons (Fsp3) is 0. The van der Waals surface area contributed by atoms with E-state index in [1.807, 2.05) is 6.07 Å². The third kappa shape index (κ3) is 2.31. The van der Waals surface area contributed by atoms with Gasteiger partial charge < -0.3 is 10.8 Å². The van der Waals surface area contributed by atoms with E-state index < -0.39 is 0 Å². The van der Waals surface area contributed by atoms with Crippen molar-refractivity contribution in [1.29, 1.82) is 5.26 Å². The Kier molecular flexibility index (Phi) is 3.21. The number of hydrogen-bond acceptors (Lipinski definition) is 3. The van der Waals surface area contributed by atoms with Crippen LogP contribution in [0.2, 0.25) is 0 Å². The van der Waals surface area contributed by atoms with Gasteiger partial charge in [-0.1, -0.05) is 30.4 Å². The molecule has 0 aliphatic rings. The number of hydrogen-bond donors (Lipinski definition) is 2. The monoisotopic (exact) mass is 204 g/mol. The van der Waals surface area contributed by atoms with E-state index in [0.717, 1.165) is 0 Å². The normalized spacial score (nSPS) is 10.6. The quantitative estimate of drug-likeness (QED) is 0.436. The zero-order chi connectivity index (χ0) is 10.6. The molecule has 0 spiro atoms. The standard InChI is InChI=1S/C10H8N2OS/c11-6-8(10(12)14)5-7-3-1-2-4-9(7)13/h1-5,13H,(H2,12,14)/b8-5-. The number of aromatic hydroxyl groups is 1. The summed E-state index contributed by atoms with van der Waals surface area (Å²) in [7, 11) is 0. The van der Waals surface area contributed by atoms with Crippen LogP contribution in [0.15, 0.2) is 29.8 Å². The van der Waals surface area contributed by atoms with Crippen molar-refractivity contribution in [3.05, 3.63) is 35.4 Å². The Morgan fingerprint density at radius 2 is 2.14 bits per heavy atom. The molecule has 1 aromatic carbocycles. The predicted molar refractivity (Wildman–Crippen MR) is 58.5 cm³/mol. The highest BCUT2D eigenvalue weighted by molar-refractivity contribution is 7.80. The molecule has 0 atom stereocenters. The number of nitrogens with two attached hydrogens (primary N) is 1. The third-order valence-electron chi connectivity index (χ3n) is 1.62. The van der Waals surface area contributed by atoms with Crippen molar-refractivity contribution in [3.8, 4) is 11.8 Å². The second-order valence-electron chi connectivity index (χ2n) is 2.59. The summed E-state index contributed by atoms with van der Waals surface area (Å²) in [5, 5.41) is 18.1. The van der Waals surface area contributed by atoms with E-state index in [4.69, 9.17) is 11.0 Å². The first-order chi connectivity index (χ1) is 6.65. The lowest BCUT2D eigenvalue weighted by molar-refractivity contribution is 0.474. The molecule has 0 fully saturated rings. The molecule has 3 nitrogen and oxygen atoms in total. The first kappa shape index (κ1) is 10.2. The molecular weight excluding hydrogens is 196 g/mol. The molecule has 0 unspecified atom stereocenters. The highest BCUT2D eigenvalue weighted by atomic mass is 32.1. The summed E-state index contributed by atoms with van der Waals surface area (Å²) in [4.78, 5) is 0.0238. The number of nitriles is 1. The molecule has 0 saturated heterocycles. The van der Waals surface area contributed by atoms with Crippen molar-refractivity contribution in [1.82, 2.24) is 0 Å². The van der Waals surface area contributed by atoms with E-state index in [1.54, 1.807) is 18.2 Å². The SMILES string of the molecule is N#C/C(=C/c1ccccc1O)C(N)=S. The lowest BCUT2D eigenvalue weighted by Crippen LogP contribution is -2.09. The molecular formula is C10H8N2OS. The molecule has 1 rings (SSSR count). The van der Waals surface area contributed by atoms with E-state index in [2.05, 4.69) is 12.2 Å². The number of rotatable bonds is 2. The van der Waals surface area contributed by atoms with E-state index in [1.165, 1.54) is 12.1 Å². The molecule has 0 radical (unpaired) electrons. The molecule has 3 N–H and O–H groups in total. The molecule has 0 aromatic heterocycles. The number of nitrogens with zero attached hydrogens (tertiary/aromatic N) is 1. The van der Waals surface area contributed by atoms with Gasteiger partial charge in [-0.2, -0.15) is 5.26 Å². The van der Waals surface area contributed by atoms with Gasteiger partial charge in [-0.15, -0.1) is 0 Å². The first-order valence-corrected chi connectivity index (χ1v) is 4.25. The average Bonchev–Trinajstić information content (AvgIpc) is 2.16. The minimum atomic E-state index is 0.0238. The zero-order valence-corrected chi connectivity index (χ0v) is 8.08.